The van der Waals surface area contributed by atoms with Gasteiger partial charge in [-0.05, 0) is 54.5 Å². The smallest absolute Gasteiger partial charge is 0.256 e. The van der Waals surface area contributed by atoms with Gasteiger partial charge in [0.15, 0.2) is 5.60 Å². The third-order valence-electron chi connectivity index (χ3n) is 4.91. The van der Waals surface area contributed by atoms with Gasteiger partial charge in [0, 0.05) is 18.3 Å². The summed E-state index contributed by atoms with van der Waals surface area (Å²) in [5, 5.41) is 14.4. The lowest BCUT2D eigenvalue weighted by molar-refractivity contribution is -0.141. The highest BCUT2D eigenvalue weighted by atomic mass is 35.5. The van der Waals surface area contributed by atoms with E-state index in [9.17, 15) is 9.90 Å². The van der Waals surface area contributed by atoms with Crippen LogP contribution in [0.1, 0.15) is 48.8 Å². The molecule has 3 rings (SSSR count). The van der Waals surface area contributed by atoms with E-state index in [1.165, 1.54) is 6.07 Å². The standard InChI is InChI=1S/C20H22Cl2N2O3/c1-3-20(26,15-6-7-16(21)17(22)9-15)19(25)24-11-14-8-13(12-4-5-12)10-23-18(14)27-2/h6-10,12,26H,3-5,11H2,1-2H3,(H,24,25). The second-order valence-corrected chi connectivity index (χ2v) is 7.55. The Morgan fingerprint density at radius 2 is 2.07 bits per heavy atom. The summed E-state index contributed by atoms with van der Waals surface area (Å²) in [6.07, 6.45) is 4.33. The molecule has 2 aromatic rings. The summed E-state index contributed by atoms with van der Waals surface area (Å²) in [5.74, 6) is 0.498. The Morgan fingerprint density at radius 3 is 2.67 bits per heavy atom. The molecule has 0 aliphatic heterocycles. The summed E-state index contributed by atoms with van der Waals surface area (Å²) in [6, 6.07) is 6.70. The van der Waals surface area contributed by atoms with Crippen molar-refractivity contribution in [2.45, 2.75) is 44.2 Å². The molecule has 1 aromatic heterocycles. The molecule has 1 atom stereocenters. The number of hydrogen-bond donors (Lipinski definition) is 2. The van der Waals surface area contributed by atoms with Gasteiger partial charge in [-0.2, -0.15) is 0 Å². The quantitative estimate of drug-likeness (QED) is 0.720. The second-order valence-electron chi connectivity index (χ2n) is 6.74. The van der Waals surface area contributed by atoms with Crippen molar-refractivity contribution in [2.75, 3.05) is 7.11 Å². The summed E-state index contributed by atoms with van der Waals surface area (Å²) < 4.78 is 5.30. The van der Waals surface area contributed by atoms with Crippen LogP contribution < -0.4 is 10.1 Å². The van der Waals surface area contributed by atoms with E-state index in [1.54, 1.807) is 26.2 Å². The van der Waals surface area contributed by atoms with E-state index < -0.39 is 11.5 Å². The van der Waals surface area contributed by atoms with Gasteiger partial charge in [-0.15, -0.1) is 0 Å². The van der Waals surface area contributed by atoms with E-state index in [4.69, 9.17) is 27.9 Å². The molecule has 1 aliphatic carbocycles. The highest BCUT2D eigenvalue weighted by molar-refractivity contribution is 6.42. The first-order valence-electron chi connectivity index (χ1n) is 8.88. The topological polar surface area (TPSA) is 71.5 Å². The number of rotatable bonds is 7. The van der Waals surface area contributed by atoms with Gasteiger partial charge in [0.25, 0.3) is 5.91 Å². The number of aromatic nitrogens is 1. The predicted octanol–water partition coefficient (Wildman–Crippen LogP) is 4.19. The molecular weight excluding hydrogens is 387 g/mol. The molecule has 0 radical (unpaired) electrons. The molecule has 1 fully saturated rings. The monoisotopic (exact) mass is 408 g/mol. The third kappa shape index (κ3) is 4.21. The first kappa shape index (κ1) is 19.9. The van der Waals surface area contributed by atoms with Gasteiger partial charge in [0.2, 0.25) is 5.88 Å². The first-order valence-corrected chi connectivity index (χ1v) is 9.63. The van der Waals surface area contributed by atoms with Crippen LogP contribution in [0.15, 0.2) is 30.5 Å². The van der Waals surface area contributed by atoms with Crippen molar-refractivity contribution in [1.82, 2.24) is 10.3 Å². The van der Waals surface area contributed by atoms with Crippen molar-refractivity contribution in [3.8, 4) is 5.88 Å². The summed E-state index contributed by atoms with van der Waals surface area (Å²) in [4.78, 5) is 17.1. The Balaban J connectivity index is 1.79. The van der Waals surface area contributed by atoms with Crippen molar-refractivity contribution < 1.29 is 14.6 Å². The number of halogens is 2. The Morgan fingerprint density at radius 1 is 1.33 bits per heavy atom. The molecule has 1 heterocycles. The van der Waals surface area contributed by atoms with E-state index in [1.807, 2.05) is 12.3 Å². The molecule has 144 valence electrons. The van der Waals surface area contributed by atoms with Gasteiger partial charge in [-0.1, -0.05) is 36.2 Å². The fraction of sp³-hybridized carbons (Fsp3) is 0.400. The SMILES string of the molecule is CCC(O)(C(=O)NCc1cc(C2CC2)cnc1OC)c1ccc(Cl)c(Cl)c1. The van der Waals surface area contributed by atoms with Crippen LogP contribution in [0.3, 0.4) is 0 Å². The highest BCUT2D eigenvalue weighted by Gasteiger charge is 2.36. The normalized spacial score (nSPS) is 15.9. The fourth-order valence-corrected chi connectivity index (χ4v) is 3.34. The lowest BCUT2D eigenvalue weighted by Gasteiger charge is -2.26. The van der Waals surface area contributed by atoms with E-state index >= 15 is 0 Å². The maximum atomic E-state index is 12.8. The molecule has 2 N–H and O–H groups in total. The number of aliphatic hydroxyl groups is 1. The number of nitrogens with zero attached hydrogens (tertiary/aromatic N) is 1. The van der Waals surface area contributed by atoms with Gasteiger partial charge >= 0.3 is 0 Å². The van der Waals surface area contributed by atoms with Gasteiger partial charge in [-0.3, -0.25) is 4.79 Å². The Kier molecular flexibility index (Phi) is 5.94. The lowest BCUT2D eigenvalue weighted by atomic mass is 9.90. The largest absolute Gasteiger partial charge is 0.481 e. The van der Waals surface area contributed by atoms with Crippen molar-refractivity contribution >= 4 is 29.1 Å². The minimum absolute atomic E-state index is 0.189. The van der Waals surface area contributed by atoms with Crippen molar-refractivity contribution in [3.63, 3.8) is 0 Å². The van der Waals surface area contributed by atoms with Crippen LogP contribution in [0, 0.1) is 0 Å². The van der Waals surface area contributed by atoms with Crippen molar-refractivity contribution in [1.29, 1.82) is 0 Å². The van der Waals surface area contributed by atoms with E-state index in [-0.39, 0.29) is 18.0 Å². The zero-order valence-electron chi connectivity index (χ0n) is 15.3. The molecule has 1 aromatic carbocycles. The molecule has 7 heteroatoms. The number of ether oxygens (including phenoxy) is 1. The number of nitrogens with one attached hydrogen (secondary N) is 1. The van der Waals surface area contributed by atoms with E-state index in [0.29, 0.717) is 22.4 Å². The van der Waals surface area contributed by atoms with Crippen molar-refractivity contribution in [3.05, 3.63) is 57.2 Å². The van der Waals surface area contributed by atoms with Crippen LogP contribution >= 0.6 is 23.2 Å². The van der Waals surface area contributed by atoms with E-state index in [2.05, 4.69) is 10.3 Å². The number of carbonyl (C=O) groups excluding carboxylic acids is 1. The van der Waals surface area contributed by atoms with Crippen LogP contribution in [-0.2, 0) is 16.9 Å². The molecule has 27 heavy (non-hydrogen) atoms. The lowest BCUT2D eigenvalue weighted by Crippen LogP contribution is -2.43. The summed E-state index contributed by atoms with van der Waals surface area (Å²) in [7, 11) is 1.54. The molecule has 0 bridgehead atoms. The van der Waals surface area contributed by atoms with Crippen LogP contribution in [0.2, 0.25) is 10.0 Å². The molecule has 0 spiro atoms. The summed E-state index contributed by atoms with van der Waals surface area (Å²) in [6.45, 7) is 1.94. The van der Waals surface area contributed by atoms with Crippen LogP contribution in [0.25, 0.3) is 0 Å². The third-order valence-corrected chi connectivity index (χ3v) is 5.65. The Hall–Kier alpha value is -1.82. The average molecular weight is 409 g/mol. The zero-order chi connectivity index (χ0) is 19.6. The number of pyridine rings is 1. The van der Waals surface area contributed by atoms with Crippen molar-refractivity contribution in [2.24, 2.45) is 0 Å². The summed E-state index contributed by atoms with van der Waals surface area (Å²) >= 11 is 12.0. The molecule has 1 aliphatic rings. The van der Waals surface area contributed by atoms with Gasteiger partial charge in [0.1, 0.15) is 0 Å². The average Bonchev–Trinajstić information content (AvgIpc) is 3.52. The second kappa shape index (κ2) is 8.05. The van der Waals surface area contributed by atoms with Gasteiger partial charge in [0.05, 0.1) is 17.2 Å². The maximum Gasteiger partial charge on any atom is 0.256 e. The molecular formula is C20H22Cl2N2O3. The molecule has 5 nitrogen and oxygen atoms in total. The first-order chi connectivity index (χ1) is 12.9. The van der Waals surface area contributed by atoms with Crippen LogP contribution in [-0.4, -0.2) is 23.1 Å². The minimum Gasteiger partial charge on any atom is -0.481 e. The Bertz CT molecular complexity index is 855. The van der Waals surface area contributed by atoms with Crippen LogP contribution in [0.5, 0.6) is 5.88 Å². The number of methoxy groups -OCH3 is 1. The van der Waals surface area contributed by atoms with Crippen LogP contribution in [0.4, 0.5) is 0 Å². The molecule has 0 saturated heterocycles. The molecule has 1 unspecified atom stereocenters. The molecule has 1 saturated carbocycles. The Labute approximate surface area is 168 Å². The number of amides is 1. The predicted molar refractivity (Wildman–Crippen MR) is 105 cm³/mol. The number of hydrogen-bond acceptors (Lipinski definition) is 4. The van der Waals surface area contributed by atoms with Gasteiger partial charge in [-0.25, -0.2) is 4.98 Å². The maximum absolute atomic E-state index is 12.8. The fourth-order valence-electron chi connectivity index (χ4n) is 3.04. The van der Waals surface area contributed by atoms with E-state index in [0.717, 1.165) is 24.0 Å². The minimum atomic E-state index is -1.71. The molecule has 1 amide bonds. The van der Waals surface area contributed by atoms with Gasteiger partial charge < -0.3 is 15.2 Å². The summed E-state index contributed by atoms with van der Waals surface area (Å²) in [5.41, 5.74) is 0.620. The highest BCUT2D eigenvalue weighted by Crippen LogP contribution is 2.40. The number of carbonyl (C=O) groups is 1. The number of benzene rings is 1. The zero-order valence-corrected chi connectivity index (χ0v) is 16.8.